The molecule has 0 radical (unpaired) electrons. The summed E-state index contributed by atoms with van der Waals surface area (Å²) in [4.78, 5) is 21.8. The van der Waals surface area contributed by atoms with Gasteiger partial charge in [0.15, 0.2) is 5.13 Å². The summed E-state index contributed by atoms with van der Waals surface area (Å²) >= 11 is 1.38. The highest BCUT2D eigenvalue weighted by molar-refractivity contribution is 7.14. The Morgan fingerprint density at radius 1 is 1.33 bits per heavy atom. The molecular weight excluding hydrogens is 407 g/mol. The maximum atomic E-state index is 13.0. The summed E-state index contributed by atoms with van der Waals surface area (Å²) in [6, 6.07) is 5.66. The van der Waals surface area contributed by atoms with Crippen LogP contribution in [-0.4, -0.2) is 34.1 Å². The van der Waals surface area contributed by atoms with Crippen LogP contribution >= 0.6 is 36.2 Å². The molecule has 1 amide bonds. The number of pyridine rings is 1. The Hall–Kier alpha value is -1.25. The number of aromatic nitrogens is 2. The lowest BCUT2D eigenvalue weighted by Crippen LogP contribution is -2.81. The third kappa shape index (κ3) is 3.36. The van der Waals surface area contributed by atoms with Crippen molar-refractivity contribution in [3.8, 4) is 11.4 Å². The molecule has 2 aromatic heterocycles. The summed E-state index contributed by atoms with van der Waals surface area (Å²) in [6.07, 6.45) is 3.65. The lowest BCUT2D eigenvalue weighted by atomic mass is 9.46. The number of nitrogens with two attached hydrogens (primary N) is 1. The fourth-order valence-electron chi connectivity index (χ4n) is 4.20. The van der Waals surface area contributed by atoms with Gasteiger partial charge in [0.2, 0.25) is 5.91 Å². The lowest BCUT2D eigenvalue weighted by Gasteiger charge is -2.64. The molecule has 1 aliphatic carbocycles. The number of fused-ring (bicyclic) bond motifs is 1. The fraction of sp³-hybridized carbons (Fsp3) is 0.500. The molecule has 4 rings (SSSR count). The normalized spacial score (nSPS) is 28.0. The van der Waals surface area contributed by atoms with Crippen molar-refractivity contribution in [3.63, 3.8) is 0 Å². The molecule has 27 heavy (non-hydrogen) atoms. The van der Waals surface area contributed by atoms with Gasteiger partial charge < -0.3 is 15.8 Å². The van der Waals surface area contributed by atoms with Crippen molar-refractivity contribution < 1.29 is 9.53 Å². The first-order valence-corrected chi connectivity index (χ1v) is 9.41. The minimum atomic E-state index is -0.936. The number of hydrogen-bond acceptors (Lipinski definition) is 6. The third-order valence-corrected chi connectivity index (χ3v) is 6.47. The quantitative estimate of drug-likeness (QED) is 0.776. The molecule has 2 aromatic rings. The van der Waals surface area contributed by atoms with Gasteiger partial charge in [-0.2, -0.15) is 0 Å². The van der Waals surface area contributed by atoms with E-state index >= 15 is 0 Å². The predicted molar refractivity (Wildman–Crippen MR) is 112 cm³/mol. The maximum absolute atomic E-state index is 13.0. The summed E-state index contributed by atoms with van der Waals surface area (Å²) < 4.78 is 5.87. The summed E-state index contributed by atoms with van der Waals surface area (Å²) in [5, 5.41) is 5.36. The van der Waals surface area contributed by atoms with Crippen molar-refractivity contribution >= 4 is 47.2 Å². The Morgan fingerprint density at radius 2 is 2.11 bits per heavy atom. The second-order valence-electron chi connectivity index (χ2n) is 7.34. The smallest absolute Gasteiger partial charge is 0.247 e. The van der Waals surface area contributed by atoms with Gasteiger partial charge >= 0.3 is 0 Å². The molecule has 6 nitrogen and oxygen atoms in total. The van der Waals surface area contributed by atoms with Crippen molar-refractivity contribution in [2.75, 3.05) is 11.9 Å². The highest BCUT2D eigenvalue weighted by atomic mass is 35.5. The minimum Gasteiger partial charge on any atom is -0.377 e. The minimum absolute atomic E-state index is 0. The van der Waals surface area contributed by atoms with Crippen molar-refractivity contribution in [2.24, 2.45) is 17.1 Å². The summed E-state index contributed by atoms with van der Waals surface area (Å²) in [7, 11) is 0. The van der Waals surface area contributed by atoms with Crippen molar-refractivity contribution in [1.29, 1.82) is 0 Å². The van der Waals surface area contributed by atoms with E-state index < -0.39 is 11.0 Å². The van der Waals surface area contributed by atoms with E-state index in [1.54, 1.807) is 6.20 Å². The second kappa shape index (κ2) is 8.01. The Labute approximate surface area is 175 Å². The molecule has 3 heterocycles. The molecule has 148 valence electrons. The largest absolute Gasteiger partial charge is 0.377 e. The molecule has 1 saturated heterocycles. The van der Waals surface area contributed by atoms with E-state index in [0.717, 1.165) is 30.8 Å². The van der Waals surface area contributed by atoms with E-state index in [1.165, 1.54) is 11.3 Å². The maximum Gasteiger partial charge on any atom is 0.247 e. The molecule has 1 aliphatic heterocycles. The van der Waals surface area contributed by atoms with Gasteiger partial charge in [-0.05, 0) is 25.0 Å². The van der Waals surface area contributed by atoms with Gasteiger partial charge in [0.1, 0.15) is 11.2 Å². The average Bonchev–Trinajstić information content (AvgIpc) is 3.10. The van der Waals surface area contributed by atoms with E-state index in [4.69, 9.17) is 10.5 Å². The second-order valence-corrected chi connectivity index (χ2v) is 8.20. The van der Waals surface area contributed by atoms with Gasteiger partial charge in [-0.3, -0.25) is 9.78 Å². The number of carbonyl (C=O) groups is 1. The zero-order valence-electron chi connectivity index (χ0n) is 15.2. The van der Waals surface area contributed by atoms with E-state index in [2.05, 4.69) is 15.3 Å². The Bertz CT molecular complexity index is 802. The number of hydrogen-bond donors (Lipinski definition) is 2. The predicted octanol–water partition coefficient (Wildman–Crippen LogP) is 3.52. The van der Waals surface area contributed by atoms with Crippen LogP contribution in [0.4, 0.5) is 5.13 Å². The van der Waals surface area contributed by atoms with Gasteiger partial charge in [0.25, 0.3) is 0 Å². The van der Waals surface area contributed by atoms with E-state index in [-0.39, 0.29) is 42.7 Å². The van der Waals surface area contributed by atoms with Crippen LogP contribution in [0.1, 0.15) is 26.7 Å². The SMILES string of the molecule is CC1(C)C2OCCCC2C1(N)C(=O)Nc1nc(-c2ccccn2)cs1.Cl.Cl. The van der Waals surface area contributed by atoms with Gasteiger partial charge in [0, 0.05) is 29.5 Å². The molecule has 0 bridgehead atoms. The summed E-state index contributed by atoms with van der Waals surface area (Å²) in [6.45, 7) is 4.78. The molecule has 1 saturated carbocycles. The van der Waals surface area contributed by atoms with Crippen LogP contribution in [0.5, 0.6) is 0 Å². The lowest BCUT2D eigenvalue weighted by molar-refractivity contribution is -0.222. The van der Waals surface area contributed by atoms with Crippen LogP contribution in [0.3, 0.4) is 0 Å². The highest BCUT2D eigenvalue weighted by Gasteiger charge is 2.70. The first-order valence-electron chi connectivity index (χ1n) is 8.53. The molecular formula is C18H24Cl2N4O2S. The standard InChI is InChI=1S/C18H22N4O2S.2ClH/c1-17(2)14-11(6-5-9-24-14)18(17,19)15(23)22-16-21-13(10-25-16)12-7-3-4-8-20-12;;/h3-4,7-8,10-11,14H,5-6,9,19H2,1-2H3,(H,21,22,23);2*1H. The number of carbonyl (C=O) groups excluding carboxylic acids is 1. The van der Waals surface area contributed by atoms with Crippen LogP contribution in [0, 0.1) is 11.3 Å². The van der Waals surface area contributed by atoms with Crippen LogP contribution in [0.25, 0.3) is 11.4 Å². The first-order chi connectivity index (χ1) is 11.9. The third-order valence-electron chi connectivity index (χ3n) is 5.71. The van der Waals surface area contributed by atoms with Gasteiger partial charge in [0.05, 0.1) is 11.8 Å². The Balaban J connectivity index is 0.00000131. The number of amides is 1. The number of halogens is 2. The van der Waals surface area contributed by atoms with E-state index in [0.29, 0.717) is 5.13 Å². The Kier molecular flexibility index (Phi) is 6.54. The topological polar surface area (TPSA) is 90.1 Å². The van der Waals surface area contributed by atoms with E-state index in [9.17, 15) is 4.79 Å². The Morgan fingerprint density at radius 3 is 2.81 bits per heavy atom. The fourth-order valence-corrected chi connectivity index (χ4v) is 4.90. The number of nitrogens with zero attached hydrogens (tertiary/aromatic N) is 2. The van der Waals surface area contributed by atoms with Crippen LogP contribution in [0.15, 0.2) is 29.8 Å². The highest BCUT2D eigenvalue weighted by Crippen LogP contribution is 2.57. The molecule has 9 heteroatoms. The van der Waals surface area contributed by atoms with Gasteiger partial charge in [-0.15, -0.1) is 36.2 Å². The number of nitrogens with one attached hydrogen (secondary N) is 1. The number of rotatable bonds is 3. The number of ether oxygens (including phenoxy) is 1. The zero-order chi connectivity index (χ0) is 17.7. The number of anilines is 1. The first kappa shape index (κ1) is 22.0. The molecule has 3 unspecified atom stereocenters. The number of thiazole rings is 1. The molecule has 3 atom stereocenters. The van der Waals surface area contributed by atoms with Crippen LogP contribution in [-0.2, 0) is 9.53 Å². The van der Waals surface area contributed by atoms with Crippen LogP contribution in [0.2, 0.25) is 0 Å². The molecule has 3 N–H and O–H groups in total. The van der Waals surface area contributed by atoms with Crippen molar-refractivity contribution in [3.05, 3.63) is 29.8 Å². The molecule has 0 spiro atoms. The molecule has 2 fully saturated rings. The van der Waals surface area contributed by atoms with Crippen molar-refractivity contribution in [2.45, 2.75) is 38.3 Å². The average molecular weight is 431 g/mol. The van der Waals surface area contributed by atoms with Gasteiger partial charge in [-0.1, -0.05) is 19.9 Å². The monoisotopic (exact) mass is 430 g/mol. The van der Waals surface area contributed by atoms with Crippen LogP contribution < -0.4 is 11.1 Å². The zero-order valence-corrected chi connectivity index (χ0v) is 17.6. The molecule has 0 aromatic carbocycles. The van der Waals surface area contributed by atoms with E-state index in [1.807, 2.05) is 37.4 Å². The molecule has 2 aliphatic rings. The van der Waals surface area contributed by atoms with Crippen molar-refractivity contribution in [1.82, 2.24) is 9.97 Å². The summed E-state index contributed by atoms with van der Waals surface area (Å²) in [5.41, 5.74) is 6.81. The van der Waals surface area contributed by atoms with Gasteiger partial charge in [-0.25, -0.2) is 4.98 Å². The summed E-state index contributed by atoms with van der Waals surface area (Å²) in [5.74, 6) is -0.113.